The predicted molar refractivity (Wildman–Crippen MR) is 74.3 cm³/mol. The Hall–Kier alpha value is -1.65. The Morgan fingerprint density at radius 2 is 1.94 bits per heavy atom. The third-order valence-corrected chi connectivity index (χ3v) is 3.38. The first-order valence-corrected chi connectivity index (χ1v) is 6.41. The molecule has 0 amide bonds. The molecule has 0 saturated heterocycles. The molecular weight excluding hydrogens is 292 g/mol. The molecule has 0 atom stereocenters. The number of nitrogens with zero attached hydrogens (tertiary/aromatic N) is 2. The maximum Gasteiger partial charge on any atom is 0.138 e. The van der Waals surface area contributed by atoms with Gasteiger partial charge in [0.2, 0.25) is 0 Å². The zero-order chi connectivity index (χ0) is 12.5. The first kappa shape index (κ1) is 11.4. The molecule has 0 aliphatic carbocycles. The Labute approximate surface area is 113 Å². The number of hydrogen-bond donors (Lipinski definition) is 1. The molecule has 4 heteroatoms. The summed E-state index contributed by atoms with van der Waals surface area (Å²) in [6.07, 6.45) is 1.91. The summed E-state index contributed by atoms with van der Waals surface area (Å²) in [6, 6.07) is 13.8. The molecule has 18 heavy (non-hydrogen) atoms. The van der Waals surface area contributed by atoms with Crippen LogP contribution in [0, 0.1) is 0 Å². The summed E-state index contributed by atoms with van der Waals surface area (Å²) in [5.74, 6) is 0. The predicted octanol–water partition coefficient (Wildman–Crippen LogP) is 3.26. The summed E-state index contributed by atoms with van der Waals surface area (Å²) in [5.41, 5.74) is 3.48. The van der Waals surface area contributed by atoms with E-state index in [1.54, 1.807) is 0 Å². The van der Waals surface area contributed by atoms with Crippen molar-refractivity contribution in [3.63, 3.8) is 0 Å². The lowest BCUT2D eigenvalue weighted by atomic mass is 10.1. The number of imidazole rings is 1. The minimum atomic E-state index is -0.0347. The van der Waals surface area contributed by atoms with E-state index < -0.39 is 0 Å². The van der Waals surface area contributed by atoms with Crippen LogP contribution in [0.25, 0.3) is 16.9 Å². The Kier molecular flexibility index (Phi) is 2.89. The summed E-state index contributed by atoms with van der Waals surface area (Å²) in [4.78, 5) is 4.59. The highest BCUT2D eigenvalue weighted by atomic mass is 79.9. The van der Waals surface area contributed by atoms with Crippen LogP contribution in [0.15, 0.2) is 53.1 Å². The molecule has 3 nitrogen and oxygen atoms in total. The van der Waals surface area contributed by atoms with Crippen molar-refractivity contribution in [1.29, 1.82) is 0 Å². The molecule has 0 radical (unpaired) electrons. The van der Waals surface area contributed by atoms with Gasteiger partial charge in [-0.2, -0.15) is 0 Å². The standard InChI is InChI=1S/C14H11BrN2O/c15-11-6-7-17-12(9-18)14(16-13(17)8-11)10-4-2-1-3-5-10/h1-8,18H,9H2. The van der Waals surface area contributed by atoms with Crippen LogP contribution in [-0.2, 0) is 6.61 Å². The number of halogens is 1. The van der Waals surface area contributed by atoms with Crippen molar-refractivity contribution in [2.45, 2.75) is 6.61 Å². The van der Waals surface area contributed by atoms with Gasteiger partial charge in [0.15, 0.2) is 0 Å². The fraction of sp³-hybridized carbons (Fsp3) is 0.0714. The largest absolute Gasteiger partial charge is 0.390 e. The Bertz CT molecular complexity index is 692. The van der Waals surface area contributed by atoms with Crippen LogP contribution in [0.5, 0.6) is 0 Å². The molecule has 0 spiro atoms. The molecule has 1 aromatic carbocycles. The van der Waals surface area contributed by atoms with Crippen LogP contribution in [0.2, 0.25) is 0 Å². The van der Waals surface area contributed by atoms with E-state index in [4.69, 9.17) is 0 Å². The van der Waals surface area contributed by atoms with Crippen LogP contribution in [0.3, 0.4) is 0 Å². The number of aliphatic hydroxyl groups is 1. The Morgan fingerprint density at radius 3 is 2.67 bits per heavy atom. The molecule has 3 aromatic rings. The Morgan fingerprint density at radius 1 is 1.17 bits per heavy atom. The molecule has 0 aliphatic heterocycles. The van der Waals surface area contributed by atoms with Crippen molar-refractivity contribution in [1.82, 2.24) is 9.38 Å². The maximum atomic E-state index is 9.56. The normalized spacial score (nSPS) is 11.0. The number of aromatic nitrogens is 2. The van der Waals surface area contributed by atoms with Crippen molar-refractivity contribution in [3.8, 4) is 11.3 Å². The molecular formula is C14H11BrN2O. The van der Waals surface area contributed by atoms with Crippen molar-refractivity contribution in [2.75, 3.05) is 0 Å². The summed E-state index contributed by atoms with van der Waals surface area (Å²) in [5, 5.41) is 9.56. The average Bonchev–Trinajstić information content (AvgIpc) is 2.77. The number of pyridine rings is 1. The summed E-state index contributed by atoms with van der Waals surface area (Å²) in [7, 11) is 0. The zero-order valence-electron chi connectivity index (χ0n) is 9.55. The van der Waals surface area contributed by atoms with Crippen LogP contribution < -0.4 is 0 Å². The van der Waals surface area contributed by atoms with Gasteiger partial charge in [-0.15, -0.1) is 0 Å². The molecule has 0 aliphatic rings. The smallest absolute Gasteiger partial charge is 0.138 e. The molecule has 0 unspecified atom stereocenters. The number of aliphatic hydroxyl groups excluding tert-OH is 1. The first-order valence-electron chi connectivity index (χ1n) is 5.62. The van der Waals surface area contributed by atoms with Crippen molar-refractivity contribution >= 4 is 21.6 Å². The summed E-state index contributed by atoms with van der Waals surface area (Å²) >= 11 is 3.43. The maximum absolute atomic E-state index is 9.56. The van der Waals surface area contributed by atoms with Gasteiger partial charge in [0.1, 0.15) is 5.65 Å². The number of fused-ring (bicyclic) bond motifs is 1. The van der Waals surface area contributed by atoms with E-state index in [-0.39, 0.29) is 6.61 Å². The van der Waals surface area contributed by atoms with E-state index in [2.05, 4.69) is 20.9 Å². The SMILES string of the molecule is OCc1c(-c2ccccc2)nc2cc(Br)ccn12. The summed E-state index contributed by atoms with van der Waals surface area (Å²) in [6.45, 7) is -0.0347. The highest BCUT2D eigenvalue weighted by molar-refractivity contribution is 9.10. The lowest BCUT2D eigenvalue weighted by Gasteiger charge is -2.01. The van der Waals surface area contributed by atoms with Crippen LogP contribution in [0.4, 0.5) is 0 Å². The Balaban J connectivity index is 2.29. The van der Waals surface area contributed by atoms with Gasteiger partial charge in [0.25, 0.3) is 0 Å². The van der Waals surface area contributed by atoms with Gasteiger partial charge >= 0.3 is 0 Å². The third kappa shape index (κ3) is 1.83. The van der Waals surface area contributed by atoms with Crippen molar-refractivity contribution in [2.24, 2.45) is 0 Å². The van der Waals surface area contributed by atoms with Gasteiger partial charge in [-0.25, -0.2) is 4.98 Å². The van der Waals surface area contributed by atoms with Crippen LogP contribution >= 0.6 is 15.9 Å². The number of benzene rings is 1. The molecule has 0 fully saturated rings. The third-order valence-electron chi connectivity index (χ3n) is 2.88. The molecule has 0 bridgehead atoms. The van der Waals surface area contributed by atoms with E-state index in [1.807, 2.05) is 53.1 Å². The van der Waals surface area contributed by atoms with Crippen molar-refractivity contribution < 1.29 is 5.11 Å². The lowest BCUT2D eigenvalue weighted by Crippen LogP contribution is -1.93. The molecule has 0 saturated carbocycles. The molecule has 3 rings (SSSR count). The molecule has 2 aromatic heterocycles. The second-order valence-electron chi connectivity index (χ2n) is 4.00. The van der Waals surface area contributed by atoms with Gasteiger partial charge in [-0.3, -0.25) is 0 Å². The number of hydrogen-bond acceptors (Lipinski definition) is 2. The van der Waals surface area contributed by atoms with Gasteiger partial charge in [0, 0.05) is 16.2 Å². The quantitative estimate of drug-likeness (QED) is 0.789. The van der Waals surface area contributed by atoms with Crippen LogP contribution in [-0.4, -0.2) is 14.5 Å². The fourth-order valence-corrected chi connectivity index (χ4v) is 2.37. The minimum Gasteiger partial charge on any atom is -0.390 e. The second-order valence-corrected chi connectivity index (χ2v) is 4.92. The minimum absolute atomic E-state index is 0.0347. The topological polar surface area (TPSA) is 37.5 Å². The van der Waals surface area contributed by atoms with Gasteiger partial charge in [-0.1, -0.05) is 46.3 Å². The zero-order valence-corrected chi connectivity index (χ0v) is 11.1. The van der Waals surface area contributed by atoms with E-state index in [9.17, 15) is 5.11 Å². The average molecular weight is 303 g/mol. The van der Waals surface area contributed by atoms with Crippen molar-refractivity contribution in [3.05, 3.63) is 58.8 Å². The second kappa shape index (κ2) is 4.55. The molecule has 90 valence electrons. The fourth-order valence-electron chi connectivity index (χ4n) is 2.05. The highest BCUT2D eigenvalue weighted by Crippen LogP contribution is 2.25. The summed E-state index contributed by atoms with van der Waals surface area (Å²) < 4.78 is 2.89. The van der Waals surface area contributed by atoms with Gasteiger partial charge < -0.3 is 9.51 Å². The van der Waals surface area contributed by atoms with E-state index in [1.165, 1.54) is 0 Å². The van der Waals surface area contributed by atoms with Gasteiger partial charge in [0.05, 0.1) is 18.0 Å². The van der Waals surface area contributed by atoms with Crippen LogP contribution in [0.1, 0.15) is 5.69 Å². The lowest BCUT2D eigenvalue weighted by molar-refractivity contribution is 0.276. The first-order chi connectivity index (χ1) is 8.79. The van der Waals surface area contributed by atoms with E-state index in [0.29, 0.717) is 0 Å². The van der Waals surface area contributed by atoms with E-state index in [0.717, 1.165) is 27.1 Å². The molecule has 2 heterocycles. The molecule has 1 N–H and O–H groups in total. The monoisotopic (exact) mass is 302 g/mol. The van der Waals surface area contributed by atoms with E-state index >= 15 is 0 Å². The highest BCUT2D eigenvalue weighted by Gasteiger charge is 2.12. The number of rotatable bonds is 2. The van der Waals surface area contributed by atoms with Gasteiger partial charge in [-0.05, 0) is 12.1 Å².